The number of aliphatic hydroxyl groups excluding tert-OH is 3. The SMILES string of the molecule is C=NN(/C=C(/C)CCC)C1CC(O)C(O)C(CO)O1.CC.CC(N)=O. The average molecular weight is 361 g/mol. The second-order valence-electron chi connectivity index (χ2n) is 5.46. The molecule has 1 aliphatic heterocycles. The van der Waals surface area contributed by atoms with E-state index < -0.39 is 24.5 Å². The van der Waals surface area contributed by atoms with Gasteiger partial charge in [0.1, 0.15) is 12.2 Å². The van der Waals surface area contributed by atoms with E-state index in [9.17, 15) is 15.0 Å². The standard InChI is InChI=1S/C13H24N2O4.C2H5NO.C2H6/c1-4-5-9(2)7-15(14-3)12-6-10(17)13(18)11(8-16)19-12;1-2(3)4;1-2/h7,10-13,16-18H,3-6,8H2,1-2H3;1H3,(H2,3,4);1-2H3/b9-7-;;. The molecular formula is C17H35N3O5. The fourth-order valence-corrected chi connectivity index (χ4v) is 2.15. The lowest BCUT2D eigenvalue weighted by molar-refractivity contribution is -0.210. The van der Waals surface area contributed by atoms with Gasteiger partial charge in [-0.3, -0.25) is 4.79 Å². The van der Waals surface area contributed by atoms with Crippen LogP contribution in [0.4, 0.5) is 0 Å². The Kier molecular flexibility index (Phi) is 15.3. The van der Waals surface area contributed by atoms with Crippen molar-refractivity contribution in [2.45, 2.75) is 78.4 Å². The fourth-order valence-electron chi connectivity index (χ4n) is 2.15. The zero-order valence-electron chi connectivity index (χ0n) is 16.1. The van der Waals surface area contributed by atoms with Crippen LogP contribution in [0.25, 0.3) is 0 Å². The molecule has 0 radical (unpaired) electrons. The molecule has 0 aliphatic carbocycles. The lowest BCUT2D eigenvalue weighted by Gasteiger charge is -2.39. The number of carbonyl (C=O) groups excluding carboxylic acids is 1. The summed E-state index contributed by atoms with van der Waals surface area (Å²) >= 11 is 0. The summed E-state index contributed by atoms with van der Waals surface area (Å²) in [4.78, 5) is 9.22. The van der Waals surface area contributed by atoms with Crippen LogP contribution in [0.3, 0.4) is 0 Å². The molecule has 1 saturated heterocycles. The van der Waals surface area contributed by atoms with Crippen LogP contribution in [0.5, 0.6) is 0 Å². The largest absolute Gasteiger partial charge is 0.394 e. The minimum absolute atomic E-state index is 0.215. The first-order chi connectivity index (χ1) is 11.8. The molecular weight excluding hydrogens is 326 g/mol. The first kappa shape index (κ1) is 25.8. The van der Waals surface area contributed by atoms with Crippen LogP contribution in [0, 0.1) is 0 Å². The molecule has 148 valence electrons. The number of amides is 1. The van der Waals surface area contributed by atoms with Gasteiger partial charge in [-0.25, -0.2) is 5.01 Å². The third-order valence-electron chi connectivity index (χ3n) is 3.19. The molecule has 0 aromatic rings. The van der Waals surface area contributed by atoms with Crippen molar-refractivity contribution in [3.63, 3.8) is 0 Å². The van der Waals surface area contributed by atoms with Crippen molar-refractivity contribution in [1.82, 2.24) is 5.01 Å². The number of rotatable bonds is 6. The van der Waals surface area contributed by atoms with Crippen molar-refractivity contribution in [3.8, 4) is 0 Å². The van der Waals surface area contributed by atoms with Gasteiger partial charge in [0.15, 0.2) is 6.23 Å². The molecule has 8 heteroatoms. The van der Waals surface area contributed by atoms with E-state index in [1.165, 1.54) is 11.9 Å². The summed E-state index contributed by atoms with van der Waals surface area (Å²) in [6.45, 7) is 12.5. The van der Waals surface area contributed by atoms with Crippen LogP contribution in [-0.2, 0) is 9.53 Å². The van der Waals surface area contributed by atoms with Gasteiger partial charge in [0.05, 0.1) is 12.7 Å². The van der Waals surface area contributed by atoms with E-state index in [0.29, 0.717) is 0 Å². The number of hydrogen-bond acceptors (Lipinski definition) is 7. The number of carbonyl (C=O) groups is 1. The van der Waals surface area contributed by atoms with Crippen LogP contribution < -0.4 is 5.73 Å². The van der Waals surface area contributed by atoms with Gasteiger partial charge in [0.25, 0.3) is 0 Å². The number of hydrazone groups is 1. The van der Waals surface area contributed by atoms with Gasteiger partial charge in [-0.2, -0.15) is 5.10 Å². The summed E-state index contributed by atoms with van der Waals surface area (Å²) in [5.41, 5.74) is 5.60. The molecule has 25 heavy (non-hydrogen) atoms. The molecule has 0 aromatic heterocycles. The first-order valence-corrected chi connectivity index (χ1v) is 8.57. The normalized spacial score (nSPS) is 25.7. The number of hydrogen-bond donors (Lipinski definition) is 4. The van der Waals surface area contributed by atoms with E-state index in [0.717, 1.165) is 18.4 Å². The van der Waals surface area contributed by atoms with Crippen molar-refractivity contribution < 1.29 is 24.9 Å². The smallest absolute Gasteiger partial charge is 0.214 e. The monoisotopic (exact) mass is 361 g/mol. The highest BCUT2D eigenvalue weighted by atomic mass is 16.5. The zero-order valence-corrected chi connectivity index (χ0v) is 16.1. The zero-order chi connectivity index (χ0) is 20.0. The minimum Gasteiger partial charge on any atom is -0.394 e. The van der Waals surface area contributed by atoms with E-state index in [1.54, 1.807) is 0 Å². The van der Waals surface area contributed by atoms with Gasteiger partial charge in [-0.1, -0.05) is 32.8 Å². The van der Waals surface area contributed by atoms with E-state index in [1.807, 2.05) is 27.0 Å². The van der Waals surface area contributed by atoms with E-state index in [4.69, 9.17) is 9.84 Å². The molecule has 0 bridgehead atoms. The number of nitrogens with two attached hydrogens (primary N) is 1. The van der Waals surface area contributed by atoms with Gasteiger partial charge >= 0.3 is 0 Å². The second kappa shape index (κ2) is 14.8. The highest BCUT2D eigenvalue weighted by molar-refractivity contribution is 5.70. The lowest BCUT2D eigenvalue weighted by atomic mass is 10.0. The molecule has 1 fully saturated rings. The van der Waals surface area contributed by atoms with Crippen LogP contribution in [0.1, 0.15) is 53.9 Å². The summed E-state index contributed by atoms with van der Waals surface area (Å²) in [7, 11) is 0. The highest BCUT2D eigenvalue weighted by Gasteiger charge is 2.38. The molecule has 0 aromatic carbocycles. The number of aliphatic hydroxyl groups is 3. The Balaban J connectivity index is 0. The summed E-state index contributed by atoms with van der Waals surface area (Å²) in [6, 6.07) is 0. The molecule has 1 aliphatic rings. The molecule has 1 rings (SSSR count). The van der Waals surface area contributed by atoms with Crippen molar-refractivity contribution in [3.05, 3.63) is 11.8 Å². The van der Waals surface area contributed by atoms with Crippen LogP contribution in [0.2, 0.25) is 0 Å². The predicted molar refractivity (Wildman–Crippen MR) is 98.6 cm³/mol. The Morgan fingerprint density at radius 3 is 2.32 bits per heavy atom. The van der Waals surface area contributed by atoms with Crippen molar-refractivity contribution in [2.75, 3.05) is 6.61 Å². The molecule has 8 nitrogen and oxygen atoms in total. The Bertz CT molecular complexity index is 400. The Morgan fingerprint density at radius 2 is 1.92 bits per heavy atom. The highest BCUT2D eigenvalue weighted by Crippen LogP contribution is 2.24. The third kappa shape index (κ3) is 10.9. The fraction of sp³-hybridized carbons (Fsp3) is 0.765. The molecule has 1 heterocycles. The summed E-state index contributed by atoms with van der Waals surface area (Å²) in [5, 5.41) is 34.0. The summed E-state index contributed by atoms with van der Waals surface area (Å²) in [6.07, 6.45) is 0.644. The number of allylic oxidation sites excluding steroid dienone is 1. The van der Waals surface area contributed by atoms with Gasteiger partial charge in [0, 0.05) is 26.3 Å². The summed E-state index contributed by atoms with van der Waals surface area (Å²) < 4.78 is 5.54. The Hall–Kier alpha value is -1.48. The molecule has 0 spiro atoms. The van der Waals surface area contributed by atoms with Gasteiger partial charge in [-0.05, 0) is 13.3 Å². The topological polar surface area (TPSA) is 129 Å². The van der Waals surface area contributed by atoms with Crippen LogP contribution in [-0.4, -0.2) is 64.1 Å². The number of ether oxygens (including phenoxy) is 1. The van der Waals surface area contributed by atoms with Crippen molar-refractivity contribution in [2.24, 2.45) is 10.8 Å². The predicted octanol–water partition coefficient (Wildman–Crippen LogP) is 0.955. The Labute approximate surface area is 151 Å². The molecule has 5 N–H and O–H groups in total. The van der Waals surface area contributed by atoms with E-state index in [2.05, 4.69) is 24.5 Å². The van der Waals surface area contributed by atoms with Crippen molar-refractivity contribution >= 4 is 12.6 Å². The van der Waals surface area contributed by atoms with Crippen LogP contribution in [0.15, 0.2) is 16.9 Å². The maximum Gasteiger partial charge on any atom is 0.214 e. The van der Waals surface area contributed by atoms with Gasteiger partial charge in [-0.15, -0.1) is 0 Å². The van der Waals surface area contributed by atoms with Gasteiger partial charge in [0.2, 0.25) is 5.91 Å². The maximum atomic E-state index is 9.78. The molecule has 4 atom stereocenters. The maximum absolute atomic E-state index is 9.78. The molecule has 4 unspecified atom stereocenters. The van der Waals surface area contributed by atoms with Gasteiger partial charge < -0.3 is 25.8 Å². The van der Waals surface area contributed by atoms with Crippen molar-refractivity contribution in [1.29, 1.82) is 0 Å². The van der Waals surface area contributed by atoms with Crippen LogP contribution >= 0.6 is 0 Å². The first-order valence-electron chi connectivity index (χ1n) is 8.57. The minimum atomic E-state index is -1.08. The summed E-state index contributed by atoms with van der Waals surface area (Å²) in [5.74, 6) is -0.333. The van der Waals surface area contributed by atoms with E-state index >= 15 is 0 Å². The van der Waals surface area contributed by atoms with E-state index in [-0.39, 0.29) is 18.9 Å². The number of primary amides is 1. The molecule has 1 amide bonds. The Morgan fingerprint density at radius 1 is 1.40 bits per heavy atom. The third-order valence-corrected chi connectivity index (χ3v) is 3.19. The number of nitrogens with zero attached hydrogens (tertiary/aromatic N) is 2. The average Bonchev–Trinajstić information content (AvgIpc) is 2.56. The molecule has 0 saturated carbocycles. The quantitative estimate of drug-likeness (QED) is 0.412. The second-order valence-corrected chi connectivity index (χ2v) is 5.46. The lowest BCUT2D eigenvalue weighted by Crippen LogP contribution is -2.53.